The van der Waals surface area contributed by atoms with Crippen LogP contribution >= 0.6 is 21.6 Å². The quantitative estimate of drug-likeness (QED) is 0.431. The Balaban J connectivity index is 1.68. The van der Waals surface area contributed by atoms with Crippen LogP contribution in [0.25, 0.3) is 21.5 Å². The molecule has 0 aliphatic rings. The van der Waals surface area contributed by atoms with E-state index in [1.165, 1.54) is 0 Å². The molecule has 2 N–H and O–H groups in total. The van der Waals surface area contributed by atoms with Gasteiger partial charge in [-0.05, 0) is 70.1 Å². The molecule has 0 saturated carbocycles. The predicted octanol–water partition coefficient (Wildman–Crippen LogP) is 6.20. The predicted molar refractivity (Wildman–Crippen MR) is 103 cm³/mol. The van der Waals surface area contributed by atoms with Crippen molar-refractivity contribution in [3.05, 3.63) is 72.8 Å². The first-order chi connectivity index (χ1) is 11.7. The molecule has 0 saturated heterocycles. The smallest absolute Gasteiger partial charge is 0.116 e. The van der Waals surface area contributed by atoms with E-state index in [4.69, 9.17) is 0 Å². The van der Waals surface area contributed by atoms with Crippen LogP contribution < -0.4 is 0 Å². The number of phenolic OH excluding ortho intramolecular Hbond substituents is 2. The van der Waals surface area contributed by atoms with Gasteiger partial charge in [-0.2, -0.15) is 0 Å². The van der Waals surface area contributed by atoms with E-state index in [2.05, 4.69) is 12.1 Å². The van der Waals surface area contributed by atoms with E-state index in [9.17, 15) is 10.2 Å². The minimum Gasteiger partial charge on any atom is -0.508 e. The molecule has 0 atom stereocenters. The van der Waals surface area contributed by atoms with Gasteiger partial charge in [0.1, 0.15) is 11.5 Å². The summed E-state index contributed by atoms with van der Waals surface area (Å²) in [6, 6.07) is 23.1. The van der Waals surface area contributed by atoms with Crippen LogP contribution in [-0.4, -0.2) is 10.2 Å². The molecule has 0 bridgehead atoms. The van der Waals surface area contributed by atoms with Crippen molar-refractivity contribution in [2.75, 3.05) is 0 Å². The summed E-state index contributed by atoms with van der Waals surface area (Å²) in [6.45, 7) is 0. The minimum absolute atomic E-state index is 0.283. The molecule has 2 nitrogen and oxygen atoms in total. The third-order valence-corrected chi connectivity index (χ3v) is 6.35. The average Bonchev–Trinajstić information content (AvgIpc) is 2.59. The molecule has 0 fully saturated rings. The topological polar surface area (TPSA) is 40.5 Å². The van der Waals surface area contributed by atoms with Gasteiger partial charge in [-0.15, -0.1) is 0 Å². The molecule has 0 spiro atoms. The maximum atomic E-state index is 9.64. The molecule has 0 aromatic heterocycles. The summed E-state index contributed by atoms with van der Waals surface area (Å²) in [6.07, 6.45) is 0. The Morgan fingerprint density at radius 1 is 0.542 bits per heavy atom. The number of fused-ring (bicyclic) bond motifs is 2. The fourth-order valence-corrected chi connectivity index (χ4v) is 5.13. The number of hydrogen-bond acceptors (Lipinski definition) is 4. The maximum absolute atomic E-state index is 9.64. The third-order valence-electron chi connectivity index (χ3n) is 3.87. The molecule has 0 heterocycles. The Labute approximate surface area is 147 Å². The largest absolute Gasteiger partial charge is 0.508 e. The molecule has 0 aliphatic carbocycles. The summed E-state index contributed by atoms with van der Waals surface area (Å²) in [4.78, 5) is 2.32. The second-order valence-corrected chi connectivity index (χ2v) is 7.70. The molecule has 4 rings (SSSR count). The molecule has 0 unspecified atom stereocenters. The van der Waals surface area contributed by atoms with Crippen LogP contribution in [-0.2, 0) is 0 Å². The molecular weight excluding hydrogens is 336 g/mol. The maximum Gasteiger partial charge on any atom is 0.116 e. The van der Waals surface area contributed by atoms with Crippen molar-refractivity contribution < 1.29 is 10.2 Å². The summed E-state index contributed by atoms with van der Waals surface area (Å²) < 4.78 is 0. The van der Waals surface area contributed by atoms with Gasteiger partial charge in [0.2, 0.25) is 0 Å². The molecular formula is C20H14O2S2. The van der Waals surface area contributed by atoms with E-state index >= 15 is 0 Å². The highest BCUT2D eigenvalue weighted by atomic mass is 33.1. The van der Waals surface area contributed by atoms with Gasteiger partial charge in [0.05, 0.1) is 0 Å². The van der Waals surface area contributed by atoms with E-state index in [1.54, 1.807) is 45.9 Å². The van der Waals surface area contributed by atoms with Gasteiger partial charge in [0, 0.05) is 9.79 Å². The van der Waals surface area contributed by atoms with Crippen LogP contribution in [0, 0.1) is 0 Å². The summed E-state index contributed by atoms with van der Waals surface area (Å²) in [7, 11) is 3.40. The van der Waals surface area contributed by atoms with Gasteiger partial charge in [-0.3, -0.25) is 0 Å². The van der Waals surface area contributed by atoms with Gasteiger partial charge in [0.15, 0.2) is 0 Å². The van der Waals surface area contributed by atoms with Crippen LogP contribution in [0.3, 0.4) is 0 Å². The zero-order chi connectivity index (χ0) is 16.5. The van der Waals surface area contributed by atoms with Crippen molar-refractivity contribution in [2.45, 2.75) is 9.79 Å². The Morgan fingerprint density at radius 2 is 1.00 bits per heavy atom. The van der Waals surface area contributed by atoms with E-state index in [-0.39, 0.29) is 11.5 Å². The molecule has 24 heavy (non-hydrogen) atoms. The highest BCUT2D eigenvalue weighted by Gasteiger charge is 2.07. The first-order valence-corrected chi connectivity index (χ1v) is 9.64. The lowest BCUT2D eigenvalue weighted by Crippen LogP contribution is -1.78. The molecule has 4 aromatic carbocycles. The fraction of sp³-hybridized carbons (Fsp3) is 0. The number of phenols is 2. The Bertz CT molecular complexity index is 959. The zero-order valence-corrected chi connectivity index (χ0v) is 14.3. The second-order valence-electron chi connectivity index (χ2n) is 5.49. The standard InChI is InChI=1S/C20H14O2S2/c21-15-7-9-17-13(11-15)3-1-5-19(17)23-24-20-6-2-4-14-12-16(22)8-10-18(14)20/h1-12,21-22H. The molecule has 0 radical (unpaired) electrons. The van der Waals surface area contributed by atoms with E-state index in [0.717, 1.165) is 31.3 Å². The summed E-state index contributed by atoms with van der Waals surface area (Å²) in [5, 5.41) is 23.6. The van der Waals surface area contributed by atoms with Crippen LogP contribution in [0.2, 0.25) is 0 Å². The van der Waals surface area contributed by atoms with Crippen molar-refractivity contribution in [2.24, 2.45) is 0 Å². The van der Waals surface area contributed by atoms with E-state index in [1.807, 2.05) is 36.4 Å². The number of aromatic hydroxyl groups is 2. The first kappa shape index (κ1) is 15.2. The van der Waals surface area contributed by atoms with Crippen LogP contribution in [0.15, 0.2) is 82.6 Å². The monoisotopic (exact) mass is 350 g/mol. The Kier molecular flexibility index (Phi) is 4.00. The molecule has 4 aromatic rings. The second kappa shape index (κ2) is 6.30. The van der Waals surface area contributed by atoms with Crippen molar-refractivity contribution >= 4 is 43.1 Å². The van der Waals surface area contributed by atoms with Crippen molar-refractivity contribution in [1.82, 2.24) is 0 Å². The molecule has 0 aliphatic heterocycles. The zero-order valence-electron chi connectivity index (χ0n) is 12.6. The summed E-state index contributed by atoms with van der Waals surface area (Å²) >= 11 is 0. The third kappa shape index (κ3) is 2.90. The number of benzene rings is 4. The lowest BCUT2D eigenvalue weighted by Gasteiger charge is -2.08. The fourth-order valence-electron chi connectivity index (χ4n) is 2.72. The van der Waals surface area contributed by atoms with Gasteiger partial charge in [0.25, 0.3) is 0 Å². The Hall–Kier alpha value is -2.30. The van der Waals surface area contributed by atoms with Gasteiger partial charge >= 0.3 is 0 Å². The van der Waals surface area contributed by atoms with Crippen LogP contribution in [0.5, 0.6) is 11.5 Å². The van der Waals surface area contributed by atoms with Gasteiger partial charge in [-0.25, -0.2) is 0 Å². The van der Waals surface area contributed by atoms with Gasteiger partial charge < -0.3 is 10.2 Å². The lowest BCUT2D eigenvalue weighted by atomic mass is 10.1. The summed E-state index contributed by atoms with van der Waals surface area (Å²) in [5.41, 5.74) is 0. The van der Waals surface area contributed by atoms with E-state index in [0.29, 0.717) is 0 Å². The van der Waals surface area contributed by atoms with Crippen molar-refractivity contribution in [1.29, 1.82) is 0 Å². The van der Waals surface area contributed by atoms with Crippen molar-refractivity contribution in [3.63, 3.8) is 0 Å². The normalized spacial score (nSPS) is 11.2. The molecule has 118 valence electrons. The SMILES string of the molecule is Oc1ccc2c(SSc3cccc4cc(O)ccc34)cccc2c1. The first-order valence-electron chi connectivity index (χ1n) is 7.49. The Morgan fingerprint density at radius 3 is 1.46 bits per heavy atom. The van der Waals surface area contributed by atoms with Gasteiger partial charge in [-0.1, -0.05) is 45.9 Å². The highest BCUT2D eigenvalue weighted by Crippen LogP contribution is 2.43. The van der Waals surface area contributed by atoms with E-state index < -0.39 is 0 Å². The number of hydrogen-bond donors (Lipinski definition) is 2. The minimum atomic E-state index is 0.283. The summed E-state index contributed by atoms with van der Waals surface area (Å²) in [5.74, 6) is 0.567. The molecule has 4 heteroatoms. The van der Waals surface area contributed by atoms with Crippen LogP contribution in [0.1, 0.15) is 0 Å². The number of rotatable bonds is 3. The molecule has 0 amide bonds. The lowest BCUT2D eigenvalue weighted by molar-refractivity contribution is 0.475. The average molecular weight is 350 g/mol. The highest BCUT2D eigenvalue weighted by molar-refractivity contribution is 8.76. The van der Waals surface area contributed by atoms with Crippen LogP contribution in [0.4, 0.5) is 0 Å². The van der Waals surface area contributed by atoms with Crippen molar-refractivity contribution in [3.8, 4) is 11.5 Å².